The van der Waals surface area contributed by atoms with Gasteiger partial charge in [0.1, 0.15) is 5.02 Å². The van der Waals surface area contributed by atoms with E-state index in [-0.39, 0.29) is 24.6 Å². The maximum Gasteiger partial charge on any atom is 0.435 e. The molecule has 2 rings (SSSR count). The van der Waals surface area contributed by atoms with E-state index in [0.29, 0.717) is 4.57 Å². The molecule has 0 bridgehead atoms. The van der Waals surface area contributed by atoms with Crippen LogP contribution in [-0.2, 0) is 18.5 Å². The molecule has 0 radical (unpaired) electrons. The third kappa shape index (κ3) is 5.25. The number of halogens is 10. The van der Waals surface area contributed by atoms with Gasteiger partial charge in [-0.1, -0.05) is 18.5 Å². The Morgan fingerprint density at radius 2 is 1.61 bits per heavy atom. The fourth-order valence-corrected chi connectivity index (χ4v) is 2.81. The Morgan fingerprint density at radius 1 is 1.03 bits per heavy atom. The smallest absolute Gasteiger partial charge is 0.325 e. The molecule has 14 heteroatoms. The maximum atomic E-state index is 13.3. The summed E-state index contributed by atoms with van der Waals surface area (Å²) in [5.41, 5.74) is -7.63. The molecule has 0 aliphatic heterocycles. The highest BCUT2D eigenvalue weighted by Crippen LogP contribution is 2.40. The minimum atomic E-state index is -5.25. The van der Waals surface area contributed by atoms with Gasteiger partial charge in [0.2, 0.25) is 5.95 Å². The highest BCUT2D eigenvalue weighted by molar-refractivity contribution is 6.31. The zero-order chi connectivity index (χ0) is 23.9. The lowest BCUT2D eigenvalue weighted by molar-refractivity contribution is -0.141. The van der Waals surface area contributed by atoms with Gasteiger partial charge in [0.25, 0.3) is 5.56 Å². The Labute approximate surface area is 173 Å². The summed E-state index contributed by atoms with van der Waals surface area (Å²) in [5.74, 6) is -1.04. The summed E-state index contributed by atoms with van der Waals surface area (Å²) >= 11 is 5.48. The third-order valence-electron chi connectivity index (χ3n) is 4.26. The SMILES string of the molecule is CCC(C)n1c(Nc2cc(C(F)(F)F)ccc2C(F)(F)F)nc(C(F)(F)F)c(Cl)c1=O. The quantitative estimate of drug-likeness (QED) is 0.496. The van der Waals surface area contributed by atoms with Crippen LogP contribution in [0.4, 0.5) is 51.1 Å². The largest absolute Gasteiger partial charge is 0.435 e. The molecule has 0 saturated carbocycles. The standard InChI is InChI=1S/C17H13ClF9N3O/c1-3-7(2)30-13(31)11(18)12(17(25,26)27)29-14(30)28-10-6-8(15(19,20)21)4-5-9(10)16(22,23)24/h4-7H,3H2,1-2H3,(H,28,29). The average Bonchev–Trinajstić information content (AvgIpc) is 2.61. The first-order chi connectivity index (χ1) is 14.0. The van der Waals surface area contributed by atoms with Crippen LogP contribution in [0.3, 0.4) is 0 Å². The van der Waals surface area contributed by atoms with Gasteiger partial charge in [0.05, 0.1) is 16.8 Å². The summed E-state index contributed by atoms with van der Waals surface area (Å²) < 4.78 is 119. The molecule has 2 aromatic rings. The summed E-state index contributed by atoms with van der Waals surface area (Å²) in [6.45, 7) is 2.85. The molecule has 31 heavy (non-hydrogen) atoms. The zero-order valence-electron chi connectivity index (χ0n) is 15.6. The van der Waals surface area contributed by atoms with Gasteiger partial charge in [0.15, 0.2) is 5.69 Å². The van der Waals surface area contributed by atoms with E-state index in [4.69, 9.17) is 11.6 Å². The van der Waals surface area contributed by atoms with Gasteiger partial charge in [-0.05, 0) is 31.5 Å². The van der Waals surface area contributed by atoms with Gasteiger partial charge in [-0.25, -0.2) is 4.98 Å². The molecule has 0 fully saturated rings. The molecular formula is C17H13ClF9N3O. The minimum absolute atomic E-state index is 0.0673. The average molecular weight is 482 g/mol. The van der Waals surface area contributed by atoms with Gasteiger partial charge in [0, 0.05) is 6.04 Å². The van der Waals surface area contributed by atoms with Gasteiger partial charge in [-0.15, -0.1) is 0 Å². The van der Waals surface area contributed by atoms with Crippen molar-refractivity contribution in [2.24, 2.45) is 0 Å². The topological polar surface area (TPSA) is 46.9 Å². The number of nitrogens with zero attached hydrogens (tertiary/aromatic N) is 2. The molecule has 1 unspecified atom stereocenters. The number of hydrogen-bond donors (Lipinski definition) is 1. The second-order valence-electron chi connectivity index (χ2n) is 6.41. The molecule has 172 valence electrons. The lowest BCUT2D eigenvalue weighted by atomic mass is 10.1. The van der Waals surface area contributed by atoms with Crippen molar-refractivity contribution in [2.45, 2.75) is 44.8 Å². The minimum Gasteiger partial charge on any atom is -0.325 e. The molecule has 1 aromatic carbocycles. The predicted molar refractivity (Wildman–Crippen MR) is 93.2 cm³/mol. The van der Waals surface area contributed by atoms with Crippen LogP contribution in [0.5, 0.6) is 0 Å². The summed E-state index contributed by atoms with van der Waals surface area (Å²) in [5, 5.41) is 0.508. The van der Waals surface area contributed by atoms with E-state index in [1.165, 1.54) is 13.8 Å². The number of benzene rings is 1. The van der Waals surface area contributed by atoms with E-state index < -0.39 is 63.6 Å². The van der Waals surface area contributed by atoms with E-state index in [2.05, 4.69) is 4.98 Å². The number of aromatic nitrogens is 2. The number of alkyl halides is 9. The lowest BCUT2D eigenvalue weighted by Crippen LogP contribution is -2.30. The van der Waals surface area contributed by atoms with Crippen LogP contribution in [0.1, 0.15) is 43.1 Å². The Bertz CT molecular complexity index is 1030. The van der Waals surface area contributed by atoms with Crippen LogP contribution in [-0.4, -0.2) is 9.55 Å². The van der Waals surface area contributed by atoms with Crippen molar-refractivity contribution < 1.29 is 39.5 Å². The molecule has 1 aromatic heterocycles. The second kappa shape index (κ2) is 8.24. The Hall–Kier alpha value is -2.44. The van der Waals surface area contributed by atoms with Gasteiger partial charge in [-0.2, -0.15) is 39.5 Å². The fourth-order valence-electron chi connectivity index (χ4n) is 2.57. The molecule has 1 heterocycles. The molecule has 4 nitrogen and oxygen atoms in total. The van der Waals surface area contributed by atoms with E-state index in [1.54, 1.807) is 0 Å². The predicted octanol–water partition coefficient (Wildman–Crippen LogP) is 6.67. The molecule has 0 aliphatic rings. The number of rotatable bonds is 4. The molecule has 0 spiro atoms. The van der Waals surface area contributed by atoms with Gasteiger partial charge < -0.3 is 5.32 Å². The van der Waals surface area contributed by atoms with Crippen LogP contribution in [0, 0.1) is 0 Å². The van der Waals surface area contributed by atoms with Crippen LogP contribution in [0.15, 0.2) is 23.0 Å². The first kappa shape index (κ1) is 24.8. The highest BCUT2D eigenvalue weighted by Gasteiger charge is 2.40. The van der Waals surface area contributed by atoms with Crippen molar-refractivity contribution >= 4 is 23.2 Å². The van der Waals surface area contributed by atoms with Crippen LogP contribution >= 0.6 is 11.6 Å². The molecular weight excluding hydrogens is 469 g/mol. The first-order valence-electron chi connectivity index (χ1n) is 8.43. The van der Waals surface area contributed by atoms with Crippen LogP contribution < -0.4 is 10.9 Å². The number of anilines is 2. The summed E-state index contributed by atoms with van der Waals surface area (Å²) in [7, 11) is 0. The summed E-state index contributed by atoms with van der Waals surface area (Å²) in [4.78, 5) is 15.5. The van der Waals surface area contributed by atoms with Crippen molar-refractivity contribution in [1.82, 2.24) is 9.55 Å². The molecule has 0 saturated heterocycles. The molecule has 0 aliphatic carbocycles. The summed E-state index contributed by atoms with van der Waals surface area (Å²) in [6.07, 6.45) is -15.3. The van der Waals surface area contributed by atoms with E-state index in [0.717, 1.165) is 0 Å². The van der Waals surface area contributed by atoms with Gasteiger partial charge >= 0.3 is 18.5 Å². The molecule has 0 amide bonds. The molecule has 1 N–H and O–H groups in total. The maximum absolute atomic E-state index is 13.3. The van der Waals surface area contributed by atoms with Crippen molar-refractivity contribution in [3.63, 3.8) is 0 Å². The zero-order valence-corrected chi connectivity index (χ0v) is 16.4. The lowest BCUT2D eigenvalue weighted by Gasteiger charge is -2.23. The van der Waals surface area contributed by atoms with E-state index in [1.807, 2.05) is 5.32 Å². The number of nitrogens with one attached hydrogen (secondary N) is 1. The monoisotopic (exact) mass is 481 g/mol. The van der Waals surface area contributed by atoms with Crippen molar-refractivity contribution in [3.8, 4) is 0 Å². The number of hydrogen-bond acceptors (Lipinski definition) is 3. The van der Waals surface area contributed by atoms with Crippen molar-refractivity contribution in [2.75, 3.05) is 5.32 Å². The Morgan fingerprint density at radius 3 is 2.06 bits per heavy atom. The van der Waals surface area contributed by atoms with Gasteiger partial charge in [-0.3, -0.25) is 9.36 Å². The fraction of sp³-hybridized carbons (Fsp3) is 0.412. The van der Waals surface area contributed by atoms with E-state index >= 15 is 0 Å². The van der Waals surface area contributed by atoms with Crippen LogP contribution in [0.2, 0.25) is 5.02 Å². The second-order valence-corrected chi connectivity index (χ2v) is 6.79. The Kier molecular flexibility index (Phi) is 6.60. The van der Waals surface area contributed by atoms with Crippen molar-refractivity contribution in [1.29, 1.82) is 0 Å². The van der Waals surface area contributed by atoms with E-state index in [9.17, 15) is 44.3 Å². The summed E-state index contributed by atoms with van der Waals surface area (Å²) in [6, 6.07) is -0.538. The van der Waals surface area contributed by atoms with Crippen molar-refractivity contribution in [3.05, 3.63) is 50.4 Å². The highest BCUT2D eigenvalue weighted by atomic mass is 35.5. The van der Waals surface area contributed by atoms with Crippen LogP contribution in [0.25, 0.3) is 0 Å². The first-order valence-corrected chi connectivity index (χ1v) is 8.81. The third-order valence-corrected chi connectivity index (χ3v) is 4.60. The Balaban J connectivity index is 2.83. The molecule has 1 atom stereocenters. The normalized spacial score (nSPS) is 13.9.